The fraction of sp³-hybridized carbons (Fsp3) is 0.222. The molecule has 2 rings (SSSR count). The molecule has 0 saturated carbocycles. The molecule has 3 nitrogen and oxygen atoms in total. The average molecular weight is 194 g/mol. The Balaban J connectivity index is 2.60. The van der Waals surface area contributed by atoms with Gasteiger partial charge in [0.1, 0.15) is 11.3 Å². The number of ether oxygens (including phenoxy) is 1. The summed E-state index contributed by atoms with van der Waals surface area (Å²) in [4.78, 5) is 4.20. The number of fused-ring (bicyclic) bond motifs is 1. The summed E-state index contributed by atoms with van der Waals surface area (Å²) in [6, 6.07) is 5.85. The smallest absolute Gasteiger partial charge is 0.181 e. The summed E-state index contributed by atoms with van der Waals surface area (Å²) in [5.74, 6) is 0.813. The SMILES string of the molecule is CCOc1cccc2sc(N)nc12. The van der Waals surface area contributed by atoms with Crippen molar-refractivity contribution >= 4 is 26.7 Å². The van der Waals surface area contributed by atoms with Gasteiger partial charge in [0.25, 0.3) is 0 Å². The molecule has 2 aromatic rings. The second kappa shape index (κ2) is 3.22. The maximum atomic E-state index is 5.61. The Morgan fingerprint density at radius 3 is 3.15 bits per heavy atom. The molecule has 0 unspecified atom stereocenters. The van der Waals surface area contributed by atoms with Gasteiger partial charge in [0, 0.05) is 0 Å². The molecular formula is C9H10N2OS. The fourth-order valence-corrected chi connectivity index (χ4v) is 1.96. The summed E-state index contributed by atoms with van der Waals surface area (Å²) < 4.78 is 6.49. The summed E-state index contributed by atoms with van der Waals surface area (Å²) in [7, 11) is 0. The van der Waals surface area contributed by atoms with Crippen LogP contribution in [0.3, 0.4) is 0 Å². The van der Waals surface area contributed by atoms with Gasteiger partial charge in [0.2, 0.25) is 0 Å². The zero-order valence-corrected chi connectivity index (χ0v) is 8.10. The van der Waals surface area contributed by atoms with Gasteiger partial charge < -0.3 is 10.5 Å². The topological polar surface area (TPSA) is 48.1 Å². The fourth-order valence-electron chi connectivity index (χ4n) is 1.21. The van der Waals surface area contributed by atoms with Gasteiger partial charge in [0.05, 0.1) is 11.3 Å². The number of hydrogen-bond donors (Lipinski definition) is 1. The van der Waals surface area contributed by atoms with Crippen molar-refractivity contribution in [1.82, 2.24) is 4.98 Å². The molecule has 0 saturated heterocycles. The first-order chi connectivity index (χ1) is 6.31. The van der Waals surface area contributed by atoms with E-state index in [1.54, 1.807) is 0 Å². The third kappa shape index (κ3) is 1.45. The molecule has 13 heavy (non-hydrogen) atoms. The number of nitrogens with zero attached hydrogens (tertiary/aromatic N) is 1. The summed E-state index contributed by atoms with van der Waals surface area (Å²) >= 11 is 1.48. The number of benzene rings is 1. The van der Waals surface area contributed by atoms with E-state index in [-0.39, 0.29) is 0 Å². The van der Waals surface area contributed by atoms with Crippen molar-refractivity contribution < 1.29 is 4.74 Å². The molecule has 68 valence electrons. The molecule has 1 heterocycles. The molecule has 0 radical (unpaired) electrons. The highest BCUT2D eigenvalue weighted by Gasteiger charge is 2.05. The van der Waals surface area contributed by atoms with Gasteiger partial charge in [-0.3, -0.25) is 0 Å². The summed E-state index contributed by atoms with van der Waals surface area (Å²) in [6.07, 6.45) is 0. The van der Waals surface area contributed by atoms with Gasteiger partial charge in [-0.15, -0.1) is 0 Å². The molecule has 0 aliphatic heterocycles. The third-order valence-corrected chi connectivity index (χ3v) is 2.55. The molecule has 0 amide bonds. The Hall–Kier alpha value is -1.29. The van der Waals surface area contributed by atoms with Crippen LogP contribution >= 0.6 is 11.3 Å². The van der Waals surface area contributed by atoms with E-state index in [2.05, 4.69) is 4.98 Å². The number of thiazole rings is 1. The van der Waals surface area contributed by atoms with Crippen LogP contribution in [0, 0.1) is 0 Å². The molecule has 0 spiro atoms. The minimum absolute atomic E-state index is 0.585. The number of para-hydroxylation sites is 1. The van der Waals surface area contributed by atoms with E-state index < -0.39 is 0 Å². The second-order valence-corrected chi connectivity index (χ2v) is 3.65. The minimum atomic E-state index is 0.585. The summed E-state index contributed by atoms with van der Waals surface area (Å²) in [5.41, 5.74) is 6.47. The van der Waals surface area contributed by atoms with Gasteiger partial charge in [-0.05, 0) is 19.1 Å². The normalized spacial score (nSPS) is 10.5. The van der Waals surface area contributed by atoms with Crippen molar-refractivity contribution in [1.29, 1.82) is 0 Å². The lowest BCUT2D eigenvalue weighted by Crippen LogP contribution is -1.91. The largest absolute Gasteiger partial charge is 0.492 e. The second-order valence-electron chi connectivity index (χ2n) is 2.59. The standard InChI is InChI=1S/C9H10N2OS/c1-2-12-6-4-3-5-7-8(6)11-9(10)13-7/h3-5H,2H2,1H3,(H2,10,11). The number of aromatic nitrogens is 1. The molecule has 0 bridgehead atoms. The number of anilines is 1. The molecular weight excluding hydrogens is 184 g/mol. The van der Waals surface area contributed by atoms with Crippen molar-refractivity contribution in [2.75, 3.05) is 12.3 Å². The highest BCUT2D eigenvalue weighted by atomic mass is 32.1. The van der Waals surface area contributed by atoms with Crippen molar-refractivity contribution in [3.63, 3.8) is 0 Å². The molecule has 2 N–H and O–H groups in total. The number of rotatable bonds is 2. The molecule has 0 fully saturated rings. The third-order valence-electron chi connectivity index (χ3n) is 1.70. The van der Waals surface area contributed by atoms with Gasteiger partial charge in [-0.1, -0.05) is 17.4 Å². The van der Waals surface area contributed by atoms with E-state index in [4.69, 9.17) is 10.5 Å². The van der Waals surface area contributed by atoms with E-state index >= 15 is 0 Å². The van der Waals surface area contributed by atoms with Crippen molar-refractivity contribution in [3.8, 4) is 5.75 Å². The monoisotopic (exact) mass is 194 g/mol. The van der Waals surface area contributed by atoms with Crippen LogP contribution in [0.2, 0.25) is 0 Å². The van der Waals surface area contributed by atoms with Gasteiger partial charge in [-0.2, -0.15) is 0 Å². The lowest BCUT2D eigenvalue weighted by atomic mass is 10.3. The Labute approximate surface area is 80.2 Å². The maximum Gasteiger partial charge on any atom is 0.181 e. The van der Waals surface area contributed by atoms with Crippen LogP contribution in [0.1, 0.15) is 6.92 Å². The maximum absolute atomic E-state index is 5.61. The average Bonchev–Trinajstić information content (AvgIpc) is 2.47. The molecule has 1 aromatic heterocycles. The van der Waals surface area contributed by atoms with Crippen LogP contribution in [0.15, 0.2) is 18.2 Å². The number of hydrogen-bond acceptors (Lipinski definition) is 4. The number of nitrogen functional groups attached to an aromatic ring is 1. The highest BCUT2D eigenvalue weighted by molar-refractivity contribution is 7.22. The lowest BCUT2D eigenvalue weighted by Gasteiger charge is -2.01. The van der Waals surface area contributed by atoms with Crippen molar-refractivity contribution in [2.45, 2.75) is 6.92 Å². The molecule has 0 aliphatic rings. The molecule has 0 atom stereocenters. The Bertz CT molecular complexity index is 424. The van der Waals surface area contributed by atoms with Crippen LogP contribution in [0.25, 0.3) is 10.2 Å². The first-order valence-corrected chi connectivity index (χ1v) is 4.90. The lowest BCUT2D eigenvalue weighted by molar-refractivity contribution is 0.344. The zero-order valence-electron chi connectivity index (χ0n) is 7.28. The predicted molar refractivity (Wildman–Crippen MR) is 55.2 cm³/mol. The number of nitrogens with two attached hydrogens (primary N) is 1. The van der Waals surface area contributed by atoms with Crippen molar-refractivity contribution in [3.05, 3.63) is 18.2 Å². The summed E-state index contributed by atoms with van der Waals surface area (Å²) in [6.45, 7) is 2.60. The first kappa shape index (κ1) is 8.31. The highest BCUT2D eigenvalue weighted by Crippen LogP contribution is 2.30. The van der Waals surface area contributed by atoms with Crippen LogP contribution < -0.4 is 10.5 Å². The van der Waals surface area contributed by atoms with Crippen molar-refractivity contribution in [2.24, 2.45) is 0 Å². The molecule has 0 aliphatic carbocycles. The van der Waals surface area contributed by atoms with Crippen LogP contribution in [0.4, 0.5) is 5.13 Å². The zero-order chi connectivity index (χ0) is 9.26. The predicted octanol–water partition coefficient (Wildman–Crippen LogP) is 2.28. The minimum Gasteiger partial charge on any atom is -0.492 e. The van der Waals surface area contributed by atoms with E-state index in [9.17, 15) is 0 Å². The van der Waals surface area contributed by atoms with Crippen LogP contribution in [0.5, 0.6) is 5.75 Å². The Kier molecular flexibility index (Phi) is 2.06. The molecule has 1 aromatic carbocycles. The van der Waals surface area contributed by atoms with Gasteiger partial charge in [-0.25, -0.2) is 4.98 Å². The van der Waals surface area contributed by atoms with Gasteiger partial charge in [0.15, 0.2) is 5.13 Å². The van der Waals surface area contributed by atoms with E-state index in [0.717, 1.165) is 16.0 Å². The quantitative estimate of drug-likeness (QED) is 0.797. The van der Waals surface area contributed by atoms with E-state index in [0.29, 0.717) is 11.7 Å². The van der Waals surface area contributed by atoms with E-state index in [1.165, 1.54) is 11.3 Å². The Morgan fingerprint density at radius 1 is 1.54 bits per heavy atom. The Morgan fingerprint density at radius 2 is 2.38 bits per heavy atom. The van der Waals surface area contributed by atoms with Crippen LogP contribution in [-0.2, 0) is 0 Å². The van der Waals surface area contributed by atoms with Gasteiger partial charge >= 0.3 is 0 Å². The summed E-state index contributed by atoms with van der Waals surface area (Å²) in [5, 5.41) is 0.585. The van der Waals surface area contributed by atoms with E-state index in [1.807, 2.05) is 25.1 Å². The first-order valence-electron chi connectivity index (χ1n) is 4.09. The molecule has 4 heteroatoms. The van der Waals surface area contributed by atoms with Crippen LogP contribution in [-0.4, -0.2) is 11.6 Å².